The van der Waals surface area contributed by atoms with Crippen LogP contribution in [-0.4, -0.2) is 25.1 Å². The summed E-state index contributed by atoms with van der Waals surface area (Å²) in [4.78, 5) is 17.9. The van der Waals surface area contributed by atoms with E-state index in [-0.39, 0.29) is 12.3 Å². The molecule has 0 saturated carbocycles. The molecule has 0 spiro atoms. The zero-order chi connectivity index (χ0) is 18.5. The number of nitrogens with one attached hydrogen (secondary N) is 1. The average Bonchev–Trinajstić information content (AvgIpc) is 3.02. The molecule has 2 aromatic carbocycles. The molecule has 6 heteroatoms. The van der Waals surface area contributed by atoms with Crippen molar-refractivity contribution >= 4 is 22.9 Å². The number of thiazole rings is 1. The van der Waals surface area contributed by atoms with Gasteiger partial charge in [-0.2, -0.15) is 0 Å². The summed E-state index contributed by atoms with van der Waals surface area (Å²) < 4.78 is 10.4. The lowest BCUT2D eigenvalue weighted by Crippen LogP contribution is -2.14. The Morgan fingerprint density at radius 2 is 1.77 bits per heavy atom. The van der Waals surface area contributed by atoms with Gasteiger partial charge in [-0.1, -0.05) is 18.2 Å². The lowest BCUT2D eigenvalue weighted by atomic mass is 10.2. The van der Waals surface area contributed by atoms with Crippen molar-refractivity contribution in [2.24, 2.45) is 0 Å². The summed E-state index contributed by atoms with van der Waals surface area (Å²) in [7, 11) is 3.24. The van der Waals surface area contributed by atoms with Gasteiger partial charge in [-0.15, -0.1) is 11.3 Å². The van der Waals surface area contributed by atoms with Crippen molar-refractivity contribution in [3.8, 4) is 22.1 Å². The molecule has 134 valence electrons. The van der Waals surface area contributed by atoms with Crippen LogP contribution in [0.2, 0.25) is 0 Å². The molecule has 5 nitrogen and oxygen atoms in total. The molecular formula is C20H20N2O3S. The highest BCUT2D eigenvalue weighted by molar-refractivity contribution is 7.15. The molecule has 0 saturated heterocycles. The second-order valence-corrected chi connectivity index (χ2v) is 6.80. The predicted molar refractivity (Wildman–Crippen MR) is 104 cm³/mol. The number of anilines is 1. The van der Waals surface area contributed by atoms with Crippen LogP contribution in [0.15, 0.2) is 48.5 Å². The fraction of sp³-hybridized carbons (Fsp3) is 0.200. The van der Waals surface area contributed by atoms with Gasteiger partial charge >= 0.3 is 0 Å². The number of amides is 1. The van der Waals surface area contributed by atoms with Gasteiger partial charge in [-0.25, -0.2) is 4.98 Å². The fourth-order valence-corrected chi connectivity index (χ4v) is 3.58. The number of hydrogen-bond acceptors (Lipinski definition) is 5. The number of methoxy groups -OCH3 is 2. The van der Waals surface area contributed by atoms with Crippen LogP contribution in [0.3, 0.4) is 0 Å². The molecule has 1 aromatic heterocycles. The molecule has 0 aliphatic rings. The van der Waals surface area contributed by atoms with Gasteiger partial charge in [-0.05, 0) is 31.2 Å². The van der Waals surface area contributed by atoms with Gasteiger partial charge < -0.3 is 14.8 Å². The Morgan fingerprint density at radius 3 is 2.50 bits per heavy atom. The summed E-state index contributed by atoms with van der Waals surface area (Å²) in [6, 6.07) is 15.1. The van der Waals surface area contributed by atoms with Gasteiger partial charge in [-0.3, -0.25) is 4.79 Å². The van der Waals surface area contributed by atoms with Crippen LogP contribution >= 0.6 is 11.3 Å². The molecule has 3 aromatic rings. The largest absolute Gasteiger partial charge is 0.497 e. The van der Waals surface area contributed by atoms with E-state index in [1.165, 1.54) is 11.3 Å². The molecule has 0 radical (unpaired) electrons. The first-order valence-corrected chi connectivity index (χ1v) is 8.95. The second-order valence-electron chi connectivity index (χ2n) is 5.72. The van der Waals surface area contributed by atoms with Gasteiger partial charge in [0, 0.05) is 22.2 Å². The Kier molecular flexibility index (Phi) is 5.53. The number of ether oxygens (including phenoxy) is 2. The molecule has 0 aliphatic heterocycles. The van der Waals surface area contributed by atoms with Crippen LogP contribution in [0.5, 0.6) is 11.5 Å². The zero-order valence-corrected chi connectivity index (χ0v) is 15.7. The van der Waals surface area contributed by atoms with E-state index in [2.05, 4.69) is 10.3 Å². The van der Waals surface area contributed by atoms with E-state index in [0.29, 0.717) is 11.4 Å². The number of nitrogens with zero attached hydrogens (tertiary/aromatic N) is 1. The molecule has 0 bridgehead atoms. The second kappa shape index (κ2) is 8.01. The maximum Gasteiger partial charge on any atom is 0.229 e. The van der Waals surface area contributed by atoms with Crippen LogP contribution in [0.25, 0.3) is 10.6 Å². The monoisotopic (exact) mass is 368 g/mol. The summed E-state index contributed by atoms with van der Waals surface area (Å²) in [5.74, 6) is 1.41. The summed E-state index contributed by atoms with van der Waals surface area (Å²) in [6.45, 7) is 1.92. The van der Waals surface area contributed by atoms with E-state index >= 15 is 0 Å². The van der Waals surface area contributed by atoms with Crippen molar-refractivity contribution in [2.75, 3.05) is 19.5 Å². The van der Waals surface area contributed by atoms with Gasteiger partial charge in [0.15, 0.2) is 0 Å². The minimum atomic E-state index is -0.0813. The molecule has 26 heavy (non-hydrogen) atoms. The average molecular weight is 368 g/mol. The Bertz CT molecular complexity index is 921. The maximum atomic E-state index is 12.4. The van der Waals surface area contributed by atoms with E-state index in [0.717, 1.165) is 26.9 Å². The lowest BCUT2D eigenvalue weighted by molar-refractivity contribution is -0.115. The molecule has 1 amide bonds. The molecule has 0 unspecified atom stereocenters. The smallest absolute Gasteiger partial charge is 0.229 e. The molecule has 0 aliphatic carbocycles. The summed E-state index contributed by atoms with van der Waals surface area (Å²) in [5, 5.41) is 3.78. The van der Waals surface area contributed by atoms with Gasteiger partial charge in [0.1, 0.15) is 16.5 Å². The number of aromatic nitrogens is 1. The van der Waals surface area contributed by atoms with Crippen molar-refractivity contribution in [3.63, 3.8) is 0 Å². The Balaban J connectivity index is 1.73. The van der Waals surface area contributed by atoms with Gasteiger partial charge in [0.25, 0.3) is 0 Å². The lowest BCUT2D eigenvalue weighted by Gasteiger charge is -2.06. The summed E-state index contributed by atoms with van der Waals surface area (Å²) >= 11 is 1.53. The van der Waals surface area contributed by atoms with Crippen LogP contribution in [0.4, 0.5) is 5.69 Å². The standard InChI is InChI=1S/C20H20N2O3S/c1-13-18(12-19(23)22-15-7-5-9-17(11-15)25-3)26-20(21-13)14-6-4-8-16(10-14)24-2/h4-11H,12H2,1-3H3,(H,22,23). The summed E-state index contributed by atoms with van der Waals surface area (Å²) in [5.41, 5.74) is 2.56. The quantitative estimate of drug-likeness (QED) is 0.704. The van der Waals surface area contributed by atoms with Gasteiger partial charge in [0.2, 0.25) is 5.91 Å². The van der Waals surface area contributed by atoms with Crippen LogP contribution < -0.4 is 14.8 Å². The Hall–Kier alpha value is -2.86. The topological polar surface area (TPSA) is 60.5 Å². The highest BCUT2D eigenvalue weighted by Crippen LogP contribution is 2.30. The number of rotatable bonds is 6. The van der Waals surface area contributed by atoms with E-state index in [9.17, 15) is 4.79 Å². The van der Waals surface area contributed by atoms with E-state index in [1.807, 2.05) is 49.4 Å². The summed E-state index contributed by atoms with van der Waals surface area (Å²) in [6.07, 6.45) is 0.282. The van der Waals surface area contributed by atoms with Crippen molar-refractivity contribution in [3.05, 3.63) is 59.1 Å². The van der Waals surface area contributed by atoms with Crippen molar-refractivity contribution < 1.29 is 14.3 Å². The first-order valence-electron chi connectivity index (χ1n) is 8.13. The number of carbonyl (C=O) groups excluding carboxylic acids is 1. The van der Waals surface area contributed by atoms with Crippen molar-refractivity contribution in [1.29, 1.82) is 0 Å². The molecule has 1 N–H and O–H groups in total. The maximum absolute atomic E-state index is 12.4. The van der Waals surface area contributed by atoms with Crippen LogP contribution in [-0.2, 0) is 11.2 Å². The van der Waals surface area contributed by atoms with E-state index in [4.69, 9.17) is 9.47 Å². The SMILES string of the molecule is COc1cccc(NC(=O)Cc2sc(-c3cccc(OC)c3)nc2C)c1. The van der Waals surface area contributed by atoms with Crippen molar-refractivity contribution in [1.82, 2.24) is 4.98 Å². The number of carbonyl (C=O) groups is 1. The highest BCUT2D eigenvalue weighted by atomic mass is 32.1. The van der Waals surface area contributed by atoms with E-state index < -0.39 is 0 Å². The number of benzene rings is 2. The first kappa shape index (κ1) is 17.9. The third kappa shape index (κ3) is 4.21. The van der Waals surface area contributed by atoms with Gasteiger partial charge in [0.05, 0.1) is 26.3 Å². The zero-order valence-electron chi connectivity index (χ0n) is 14.9. The highest BCUT2D eigenvalue weighted by Gasteiger charge is 2.14. The molecule has 1 heterocycles. The third-order valence-corrected chi connectivity index (χ3v) is 5.09. The minimum absolute atomic E-state index is 0.0813. The first-order chi connectivity index (χ1) is 12.6. The van der Waals surface area contributed by atoms with Crippen LogP contribution in [0.1, 0.15) is 10.6 Å². The third-order valence-electron chi connectivity index (χ3n) is 3.88. The molecule has 0 fully saturated rings. The normalized spacial score (nSPS) is 10.4. The fourth-order valence-electron chi connectivity index (χ4n) is 2.52. The molecule has 3 rings (SSSR count). The Labute approximate surface area is 156 Å². The number of hydrogen-bond donors (Lipinski definition) is 1. The van der Waals surface area contributed by atoms with Crippen molar-refractivity contribution in [2.45, 2.75) is 13.3 Å². The molecular weight excluding hydrogens is 348 g/mol. The predicted octanol–water partition coefficient (Wildman–Crippen LogP) is 4.32. The number of aryl methyl sites for hydroxylation is 1. The van der Waals surface area contributed by atoms with E-state index in [1.54, 1.807) is 20.3 Å². The minimum Gasteiger partial charge on any atom is -0.497 e. The van der Waals surface area contributed by atoms with Crippen LogP contribution in [0, 0.1) is 6.92 Å². The Morgan fingerprint density at radius 1 is 1.08 bits per heavy atom. The molecule has 0 atom stereocenters.